The van der Waals surface area contributed by atoms with Gasteiger partial charge in [-0.05, 0) is 32.2 Å². The fourth-order valence-electron chi connectivity index (χ4n) is 3.65. The van der Waals surface area contributed by atoms with Gasteiger partial charge in [0.2, 0.25) is 0 Å². The zero-order valence-electron chi connectivity index (χ0n) is 10.3. The van der Waals surface area contributed by atoms with Crippen molar-refractivity contribution in [3.63, 3.8) is 0 Å². The summed E-state index contributed by atoms with van der Waals surface area (Å²) in [6.45, 7) is 4.62. The second-order valence-electron chi connectivity index (χ2n) is 5.16. The number of ether oxygens (including phenoxy) is 1. The molecule has 15 heavy (non-hydrogen) atoms. The third-order valence-corrected chi connectivity index (χ3v) is 4.50. The molecule has 0 aromatic rings. The van der Waals surface area contributed by atoms with Gasteiger partial charge in [-0.25, -0.2) is 0 Å². The molecular weight excluding hydrogens is 186 g/mol. The van der Waals surface area contributed by atoms with Crippen LogP contribution in [0.2, 0.25) is 0 Å². The van der Waals surface area contributed by atoms with Crippen LogP contribution >= 0.6 is 0 Å². The lowest BCUT2D eigenvalue weighted by Crippen LogP contribution is -2.43. The van der Waals surface area contributed by atoms with E-state index in [1.54, 1.807) is 0 Å². The van der Waals surface area contributed by atoms with Crippen molar-refractivity contribution >= 4 is 0 Å². The Bertz CT molecular complexity index is 203. The summed E-state index contributed by atoms with van der Waals surface area (Å²) in [5.74, 6) is 1.60. The molecule has 1 N–H and O–H groups in total. The number of rotatable bonds is 5. The fraction of sp³-hybridized carbons (Fsp3) is 1.00. The molecule has 2 aliphatic rings. The zero-order valence-corrected chi connectivity index (χ0v) is 10.3. The maximum atomic E-state index is 5.97. The number of nitrogens with one attached hydrogen (secondary N) is 1. The van der Waals surface area contributed by atoms with Gasteiger partial charge >= 0.3 is 0 Å². The van der Waals surface area contributed by atoms with Crippen LogP contribution in [0.3, 0.4) is 0 Å². The molecule has 2 fully saturated rings. The quantitative estimate of drug-likeness (QED) is 0.754. The molecule has 2 aliphatic heterocycles. The lowest BCUT2D eigenvalue weighted by atomic mass is 9.77. The van der Waals surface area contributed by atoms with Gasteiger partial charge in [-0.1, -0.05) is 26.7 Å². The van der Waals surface area contributed by atoms with Gasteiger partial charge in [0.1, 0.15) is 0 Å². The molecule has 2 bridgehead atoms. The Labute approximate surface area is 93.8 Å². The van der Waals surface area contributed by atoms with Crippen LogP contribution in [0.5, 0.6) is 0 Å². The second kappa shape index (κ2) is 4.84. The molecule has 0 aliphatic carbocycles. The van der Waals surface area contributed by atoms with Crippen LogP contribution in [-0.4, -0.2) is 25.3 Å². The van der Waals surface area contributed by atoms with Gasteiger partial charge in [-0.15, -0.1) is 0 Å². The molecule has 0 aromatic heterocycles. The first-order valence-corrected chi connectivity index (χ1v) is 6.62. The van der Waals surface area contributed by atoms with Gasteiger partial charge in [-0.2, -0.15) is 0 Å². The van der Waals surface area contributed by atoms with E-state index in [2.05, 4.69) is 26.2 Å². The molecule has 2 heteroatoms. The average molecular weight is 211 g/mol. The van der Waals surface area contributed by atoms with E-state index in [9.17, 15) is 0 Å². The van der Waals surface area contributed by atoms with Gasteiger partial charge < -0.3 is 10.1 Å². The van der Waals surface area contributed by atoms with Crippen molar-refractivity contribution in [2.75, 3.05) is 7.05 Å². The van der Waals surface area contributed by atoms with Crippen LogP contribution in [0, 0.1) is 11.8 Å². The summed E-state index contributed by atoms with van der Waals surface area (Å²) in [4.78, 5) is 0. The summed E-state index contributed by atoms with van der Waals surface area (Å²) in [7, 11) is 2.12. The van der Waals surface area contributed by atoms with Crippen molar-refractivity contribution < 1.29 is 4.74 Å². The van der Waals surface area contributed by atoms with Crippen molar-refractivity contribution in [3.05, 3.63) is 0 Å². The van der Waals surface area contributed by atoms with E-state index >= 15 is 0 Å². The fourth-order valence-corrected chi connectivity index (χ4v) is 3.65. The molecule has 2 nitrogen and oxygen atoms in total. The summed E-state index contributed by atoms with van der Waals surface area (Å²) >= 11 is 0. The molecule has 4 unspecified atom stereocenters. The summed E-state index contributed by atoms with van der Waals surface area (Å²) in [5, 5.41) is 3.55. The molecule has 4 atom stereocenters. The summed E-state index contributed by atoms with van der Waals surface area (Å²) in [6.07, 6.45) is 7.63. The molecular formula is C13H25NO. The molecule has 0 radical (unpaired) electrons. The van der Waals surface area contributed by atoms with Gasteiger partial charge in [-0.3, -0.25) is 0 Å². The molecule has 0 spiro atoms. The third kappa shape index (κ3) is 2.07. The van der Waals surface area contributed by atoms with Crippen molar-refractivity contribution in [2.24, 2.45) is 11.8 Å². The monoisotopic (exact) mass is 211 g/mol. The molecule has 2 heterocycles. The smallest absolute Gasteiger partial charge is 0.0623 e. The van der Waals surface area contributed by atoms with Crippen molar-refractivity contribution in [2.45, 2.75) is 64.2 Å². The van der Waals surface area contributed by atoms with Gasteiger partial charge in [0.05, 0.1) is 12.2 Å². The van der Waals surface area contributed by atoms with E-state index in [0.29, 0.717) is 18.2 Å². The van der Waals surface area contributed by atoms with Crippen LogP contribution in [0.15, 0.2) is 0 Å². The minimum atomic E-state index is 0.563. The standard InChI is InChI=1S/C13H25NO/c1-4-9(5-2)13(14-3)11-8-10-6-7-12(11)15-10/h9-14H,4-8H2,1-3H3. The normalized spacial score (nSPS) is 36.4. The van der Waals surface area contributed by atoms with Gasteiger partial charge in [0.15, 0.2) is 0 Å². The van der Waals surface area contributed by atoms with E-state index in [0.717, 1.165) is 11.8 Å². The topological polar surface area (TPSA) is 21.3 Å². The SMILES string of the molecule is CCC(CC)C(NC)C1CC2CCC1O2. The lowest BCUT2D eigenvalue weighted by Gasteiger charge is -2.33. The van der Waals surface area contributed by atoms with Crippen LogP contribution in [0.4, 0.5) is 0 Å². The minimum Gasteiger partial charge on any atom is -0.375 e. The highest BCUT2D eigenvalue weighted by molar-refractivity contribution is 4.96. The zero-order chi connectivity index (χ0) is 10.8. The minimum absolute atomic E-state index is 0.563. The first-order chi connectivity index (χ1) is 7.30. The highest BCUT2D eigenvalue weighted by Crippen LogP contribution is 2.42. The highest BCUT2D eigenvalue weighted by atomic mass is 16.5. The third-order valence-electron chi connectivity index (χ3n) is 4.50. The van der Waals surface area contributed by atoms with Crippen molar-refractivity contribution in [1.29, 1.82) is 0 Å². The maximum Gasteiger partial charge on any atom is 0.0623 e. The Kier molecular flexibility index (Phi) is 3.68. The second-order valence-corrected chi connectivity index (χ2v) is 5.16. The van der Waals surface area contributed by atoms with E-state index < -0.39 is 0 Å². The Balaban J connectivity index is 2.00. The molecule has 2 saturated heterocycles. The first-order valence-electron chi connectivity index (χ1n) is 6.62. The molecule has 88 valence electrons. The molecule has 2 rings (SSSR count). The summed E-state index contributed by atoms with van der Waals surface area (Å²) in [6, 6.07) is 0.676. The Hall–Kier alpha value is -0.0800. The summed E-state index contributed by atoms with van der Waals surface area (Å²) in [5.41, 5.74) is 0. The summed E-state index contributed by atoms with van der Waals surface area (Å²) < 4.78 is 5.97. The van der Waals surface area contributed by atoms with E-state index in [1.807, 2.05) is 0 Å². The molecule has 0 saturated carbocycles. The maximum absolute atomic E-state index is 5.97. The predicted octanol–water partition coefficient (Wildman–Crippen LogP) is 2.58. The number of fused-ring (bicyclic) bond motifs is 2. The van der Waals surface area contributed by atoms with Crippen LogP contribution in [-0.2, 0) is 4.74 Å². The lowest BCUT2D eigenvalue weighted by molar-refractivity contribution is 0.0796. The van der Waals surface area contributed by atoms with E-state index in [1.165, 1.54) is 32.1 Å². The molecule has 0 amide bonds. The van der Waals surface area contributed by atoms with Crippen LogP contribution in [0.25, 0.3) is 0 Å². The number of hydrogen-bond acceptors (Lipinski definition) is 2. The molecule has 0 aromatic carbocycles. The van der Waals surface area contributed by atoms with E-state index in [4.69, 9.17) is 4.74 Å². The highest BCUT2D eigenvalue weighted by Gasteiger charge is 2.45. The van der Waals surface area contributed by atoms with Crippen LogP contribution < -0.4 is 5.32 Å². The first kappa shape index (κ1) is 11.4. The van der Waals surface area contributed by atoms with Gasteiger partial charge in [0, 0.05) is 12.0 Å². The Morgan fingerprint density at radius 3 is 2.40 bits per heavy atom. The van der Waals surface area contributed by atoms with Crippen LogP contribution in [0.1, 0.15) is 46.0 Å². The average Bonchev–Trinajstić information content (AvgIpc) is 2.87. The van der Waals surface area contributed by atoms with Crippen molar-refractivity contribution in [3.8, 4) is 0 Å². The predicted molar refractivity (Wildman–Crippen MR) is 62.9 cm³/mol. The largest absolute Gasteiger partial charge is 0.375 e. The van der Waals surface area contributed by atoms with E-state index in [-0.39, 0.29) is 0 Å². The van der Waals surface area contributed by atoms with Gasteiger partial charge in [0.25, 0.3) is 0 Å². The number of hydrogen-bond donors (Lipinski definition) is 1. The Morgan fingerprint density at radius 2 is 2.00 bits per heavy atom. The van der Waals surface area contributed by atoms with Crippen molar-refractivity contribution in [1.82, 2.24) is 5.32 Å². The Morgan fingerprint density at radius 1 is 1.27 bits per heavy atom.